The van der Waals surface area contributed by atoms with Crippen LogP contribution < -0.4 is 0 Å². The molecule has 0 atom stereocenters. The van der Waals surface area contributed by atoms with Gasteiger partial charge < -0.3 is 5.11 Å². The van der Waals surface area contributed by atoms with E-state index < -0.39 is 0 Å². The molecule has 0 saturated carbocycles. The van der Waals surface area contributed by atoms with E-state index in [0.29, 0.717) is 16.6 Å². The number of fused-ring (bicyclic) bond motifs is 1. The molecule has 118 valence electrons. The van der Waals surface area contributed by atoms with Crippen LogP contribution in [0.2, 0.25) is 0 Å². The summed E-state index contributed by atoms with van der Waals surface area (Å²) >= 11 is 0. The Bertz CT molecular complexity index is 1060. The first-order valence-electron chi connectivity index (χ1n) is 7.34. The Morgan fingerprint density at radius 3 is 2.62 bits per heavy atom. The number of aryl methyl sites for hydroxylation is 1. The van der Waals surface area contributed by atoms with Crippen LogP contribution in [0.5, 0.6) is 5.88 Å². The molecule has 24 heavy (non-hydrogen) atoms. The Hall–Kier alpha value is -3.28. The third kappa shape index (κ3) is 2.38. The number of hydrogen-bond donors (Lipinski definition) is 1. The van der Waals surface area contributed by atoms with E-state index >= 15 is 0 Å². The number of nitrogens with zero attached hydrogens (tertiary/aromatic N) is 4. The van der Waals surface area contributed by atoms with Gasteiger partial charge in [0.25, 0.3) is 0 Å². The molecule has 6 heteroatoms. The summed E-state index contributed by atoms with van der Waals surface area (Å²) in [6, 6.07) is 8.18. The molecule has 1 N–H and O–H groups in total. The number of aromatic nitrogens is 4. The molecule has 0 aliphatic rings. The van der Waals surface area contributed by atoms with Crippen molar-refractivity contribution in [2.45, 2.75) is 0 Å². The number of pyridine rings is 2. The number of halogens is 1. The Balaban J connectivity index is 1.87. The van der Waals surface area contributed by atoms with E-state index in [9.17, 15) is 9.50 Å². The van der Waals surface area contributed by atoms with Crippen LogP contribution >= 0.6 is 0 Å². The van der Waals surface area contributed by atoms with Gasteiger partial charge in [-0.15, -0.1) is 0 Å². The first-order chi connectivity index (χ1) is 11.6. The molecule has 0 aliphatic heterocycles. The summed E-state index contributed by atoms with van der Waals surface area (Å²) in [5.74, 6) is -0.488. The quantitative estimate of drug-likeness (QED) is 0.613. The minimum Gasteiger partial charge on any atom is -0.493 e. The molecule has 0 radical (unpaired) electrons. The standard InChI is InChI=1S/C18H13FN4O/c1-23-10-13(8-21-23)11-2-4-14(16(19)6-11)15-9-20-7-12-3-5-17(24)22-18(12)15/h2-10H,1H3,(H,22,24). The lowest BCUT2D eigenvalue weighted by Crippen LogP contribution is -1.91. The van der Waals surface area contributed by atoms with Crippen molar-refractivity contribution >= 4 is 10.9 Å². The van der Waals surface area contributed by atoms with Crippen LogP contribution in [0.4, 0.5) is 4.39 Å². The lowest BCUT2D eigenvalue weighted by Gasteiger charge is -2.08. The van der Waals surface area contributed by atoms with E-state index in [0.717, 1.165) is 16.5 Å². The van der Waals surface area contributed by atoms with Crippen LogP contribution in [0.3, 0.4) is 0 Å². The minimum absolute atomic E-state index is 0.109. The van der Waals surface area contributed by atoms with Crippen molar-refractivity contribution in [1.82, 2.24) is 19.7 Å². The molecule has 4 rings (SSSR count). The molecular weight excluding hydrogens is 307 g/mol. The normalized spacial score (nSPS) is 11.1. The molecule has 1 aromatic carbocycles. The van der Waals surface area contributed by atoms with E-state index in [4.69, 9.17) is 0 Å². The van der Waals surface area contributed by atoms with Gasteiger partial charge in [0, 0.05) is 53.8 Å². The lowest BCUT2D eigenvalue weighted by molar-refractivity contribution is 0.456. The zero-order valence-corrected chi connectivity index (χ0v) is 12.8. The zero-order valence-electron chi connectivity index (χ0n) is 12.8. The van der Waals surface area contributed by atoms with E-state index in [-0.39, 0.29) is 11.7 Å². The zero-order chi connectivity index (χ0) is 16.7. The molecule has 4 aromatic rings. The van der Waals surface area contributed by atoms with Gasteiger partial charge in [-0.25, -0.2) is 9.37 Å². The van der Waals surface area contributed by atoms with Crippen molar-refractivity contribution in [3.05, 3.63) is 60.9 Å². The topological polar surface area (TPSA) is 63.8 Å². The van der Waals surface area contributed by atoms with Gasteiger partial charge in [0.2, 0.25) is 5.88 Å². The van der Waals surface area contributed by atoms with Crippen LogP contribution in [-0.4, -0.2) is 24.9 Å². The van der Waals surface area contributed by atoms with Crippen LogP contribution in [0, 0.1) is 5.82 Å². The highest BCUT2D eigenvalue weighted by Gasteiger charge is 2.13. The summed E-state index contributed by atoms with van der Waals surface area (Å²) in [5, 5.41) is 14.5. The molecule has 0 aliphatic carbocycles. The highest BCUT2D eigenvalue weighted by molar-refractivity contribution is 5.93. The average molecular weight is 320 g/mol. The van der Waals surface area contributed by atoms with E-state index in [1.54, 1.807) is 35.4 Å². The molecule has 0 spiro atoms. The smallest absolute Gasteiger partial charge is 0.211 e. The summed E-state index contributed by atoms with van der Waals surface area (Å²) < 4.78 is 16.4. The number of benzene rings is 1. The van der Waals surface area contributed by atoms with Crippen molar-refractivity contribution in [1.29, 1.82) is 0 Å². The van der Waals surface area contributed by atoms with Crippen LogP contribution in [0.1, 0.15) is 0 Å². The Labute approximate surface area is 137 Å². The van der Waals surface area contributed by atoms with Gasteiger partial charge in [-0.3, -0.25) is 9.67 Å². The van der Waals surface area contributed by atoms with E-state index in [2.05, 4.69) is 15.1 Å². The number of rotatable bonds is 2. The van der Waals surface area contributed by atoms with Gasteiger partial charge in [0.15, 0.2) is 0 Å². The molecule has 0 bridgehead atoms. The predicted octanol–water partition coefficient (Wildman–Crippen LogP) is 3.54. The fraction of sp³-hybridized carbons (Fsp3) is 0.0556. The highest BCUT2D eigenvalue weighted by Crippen LogP contribution is 2.31. The maximum absolute atomic E-state index is 14.7. The highest BCUT2D eigenvalue weighted by atomic mass is 19.1. The second-order valence-electron chi connectivity index (χ2n) is 5.53. The van der Waals surface area contributed by atoms with Gasteiger partial charge in [-0.1, -0.05) is 12.1 Å². The van der Waals surface area contributed by atoms with Crippen molar-refractivity contribution in [2.24, 2.45) is 7.05 Å². The van der Waals surface area contributed by atoms with Crippen molar-refractivity contribution in [2.75, 3.05) is 0 Å². The SMILES string of the molecule is Cn1cc(-c2ccc(-c3cncc4ccc(O)nc34)c(F)c2)cn1. The van der Waals surface area contributed by atoms with Crippen molar-refractivity contribution in [3.8, 4) is 28.1 Å². The lowest BCUT2D eigenvalue weighted by atomic mass is 10.0. The fourth-order valence-corrected chi connectivity index (χ4v) is 2.71. The molecule has 0 saturated heterocycles. The van der Waals surface area contributed by atoms with Gasteiger partial charge >= 0.3 is 0 Å². The summed E-state index contributed by atoms with van der Waals surface area (Å²) in [5.41, 5.74) is 3.03. The maximum atomic E-state index is 14.7. The summed E-state index contributed by atoms with van der Waals surface area (Å²) in [6.45, 7) is 0. The monoisotopic (exact) mass is 320 g/mol. The molecule has 5 nitrogen and oxygen atoms in total. The third-order valence-corrected chi connectivity index (χ3v) is 3.88. The fourth-order valence-electron chi connectivity index (χ4n) is 2.71. The van der Waals surface area contributed by atoms with E-state index in [1.165, 1.54) is 12.1 Å². The Morgan fingerprint density at radius 2 is 1.88 bits per heavy atom. The first kappa shape index (κ1) is 14.3. The molecule has 3 aromatic heterocycles. The second-order valence-corrected chi connectivity index (χ2v) is 5.53. The summed E-state index contributed by atoms with van der Waals surface area (Å²) in [6.07, 6.45) is 6.70. The second kappa shape index (κ2) is 5.42. The van der Waals surface area contributed by atoms with Crippen LogP contribution in [0.25, 0.3) is 33.2 Å². The Kier molecular flexibility index (Phi) is 3.23. The molecule has 0 amide bonds. The molecular formula is C18H13FN4O. The summed E-state index contributed by atoms with van der Waals surface area (Å²) in [7, 11) is 1.81. The van der Waals surface area contributed by atoms with Gasteiger partial charge in [-0.2, -0.15) is 5.10 Å². The summed E-state index contributed by atoms with van der Waals surface area (Å²) in [4.78, 5) is 8.25. The first-order valence-corrected chi connectivity index (χ1v) is 7.34. The minimum atomic E-state index is -0.379. The van der Waals surface area contributed by atoms with Crippen molar-refractivity contribution in [3.63, 3.8) is 0 Å². The largest absolute Gasteiger partial charge is 0.493 e. The Morgan fingerprint density at radius 1 is 1.00 bits per heavy atom. The van der Waals surface area contributed by atoms with Gasteiger partial charge in [0.05, 0.1) is 11.7 Å². The molecule has 0 fully saturated rings. The van der Waals surface area contributed by atoms with Crippen LogP contribution in [-0.2, 0) is 7.05 Å². The van der Waals surface area contributed by atoms with Gasteiger partial charge in [-0.05, 0) is 17.7 Å². The molecule has 0 unspecified atom stereocenters. The van der Waals surface area contributed by atoms with Gasteiger partial charge in [0.1, 0.15) is 5.82 Å². The third-order valence-electron chi connectivity index (χ3n) is 3.88. The van der Waals surface area contributed by atoms with Crippen molar-refractivity contribution < 1.29 is 9.50 Å². The average Bonchev–Trinajstić information content (AvgIpc) is 3.01. The molecule has 3 heterocycles. The van der Waals surface area contributed by atoms with Crippen LogP contribution in [0.15, 0.2) is 55.1 Å². The predicted molar refractivity (Wildman–Crippen MR) is 88.8 cm³/mol. The maximum Gasteiger partial charge on any atom is 0.211 e. The van der Waals surface area contributed by atoms with E-state index in [1.807, 2.05) is 19.3 Å². The number of hydrogen-bond acceptors (Lipinski definition) is 4. The number of aromatic hydroxyl groups is 1.